The number of amides is 4. The summed E-state index contributed by atoms with van der Waals surface area (Å²) in [6.45, 7) is 2.56. The number of nitrogens with zero attached hydrogens (tertiary/aromatic N) is 2. The van der Waals surface area contributed by atoms with Crippen LogP contribution in [0.25, 0.3) is 0 Å². The number of rotatable bonds is 7. The van der Waals surface area contributed by atoms with Gasteiger partial charge in [-0.05, 0) is 44.4 Å². The van der Waals surface area contributed by atoms with Crippen LogP contribution in [0.5, 0.6) is 0 Å². The van der Waals surface area contributed by atoms with Gasteiger partial charge in [-0.3, -0.25) is 29.4 Å². The van der Waals surface area contributed by atoms with Crippen molar-refractivity contribution in [1.82, 2.24) is 15.1 Å². The highest BCUT2D eigenvalue weighted by atomic mass is 16.2. The van der Waals surface area contributed by atoms with E-state index in [0.29, 0.717) is 23.4 Å². The van der Waals surface area contributed by atoms with Gasteiger partial charge in [0.1, 0.15) is 6.04 Å². The molecule has 166 valence electrons. The van der Waals surface area contributed by atoms with Gasteiger partial charge in [0.05, 0.1) is 11.1 Å². The van der Waals surface area contributed by atoms with Gasteiger partial charge in [0, 0.05) is 31.7 Å². The number of carbonyl (C=O) groups is 4. The molecule has 0 spiro atoms. The van der Waals surface area contributed by atoms with E-state index in [9.17, 15) is 19.2 Å². The third-order valence-corrected chi connectivity index (χ3v) is 6.57. The largest absolute Gasteiger partial charge is 0.383 e. The maximum Gasteiger partial charge on any atom is 0.264 e. The Bertz CT molecular complexity index is 894. The lowest BCUT2D eigenvalue weighted by molar-refractivity contribution is -0.136. The predicted octanol–water partition coefficient (Wildman–Crippen LogP) is 2.01. The van der Waals surface area contributed by atoms with Gasteiger partial charge in [0.2, 0.25) is 11.8 Å². The molecule has 1 aliphatic carbocycles. The summed E-state index contributed by atoms with van der Waals surface area (Å²) < 4.78 is 0. The lowest BCUT2D eigenvalue weighted by atomic mass is 9.89. The maximum absolute atomic E-state index is 13.1. The number of fused-ring (bicyclic) bond motifs is 1. The molecular weight excluding hydrogens is 396 g/mol. The summed E-state index contributed by atoms with van der Waals surface area (Å²) in [4.78, 5) is 53.0. The van der Waals surface area contributed by atoms with Crippen LogP contribution in [0, 0.1) is 5.92 Å². The van der Waals surface area contributed by atoms with Crippen molar-refractivity contribution in [3.05, 3.63) is 29.3 Å². The van der Waals surface area contributed by atoms with Gasteiger partial charge in [0.25, 0.3) is 11.8 Å². The molecule has 1 aromatic carbocycles. The molecule has 3 aliphatic rings. The summed E-state index contributed by atoms with van der Waals surface area (Å²) in [6.07, 6.45) is 6.88. The number of hydrogen-bond donors (Lipinski definition) is 2. The summed E-state index contributed by atoms with van der Waals surface area (Å²) in [5.41, 5.74) is 1.22. The summed E-state index contributed by atoms with van der Waals surface area (Å²) in [7, 11) is 2.12. The van der Waals surface area contributed by atoms with Crippen LogP contribution in [0.15, 0.2) is 18.2 Å². The number of imide groups is 2. The van der Waals surface area contributed by atoms with Crippen LogP contribution in [0.4, 0.5) is 5.69 Å². The van der Waals surface area contributed by atoms with Crippen LogP contribution >= 0.6 is 0 Å². The number of piperidine rings is 1. The highest BCUT2D eigenvalue weighted by Gasteiger charge is 2.45. The summed E-state index contributed by atoms with van der Waals surface area (Å²) in [5, 5.41) is 5.53. The summed E-state index contributed by atoms with van der Waals surface area (Å²) in [6, 6.07) is 4.20. The van der Waals surface area contributed by atoms with Crippen molar-refractivity contribution < 1.29 is 19.2 Å². The molecule has 0 bridgehead atoms. The Labute approximate surface area is 182 Å². The van der Waals surface area contributed by atoms with Crippen LogP contribution in [0.3, 0.4) is 0 Å². The molecular formula is C23H30N4O4. The fourth-order valence-electron chi connectivity index (χ4n) is 4.95. The molecule has 1 aromatic rings. The third kappa shape index (κ3) is 4.49. The maximum atomic E-state index is 13.1. The molecule has 8 nitrogen and oxygen atoms in total. The van der Waals surface area contributed by atoms with Gasteiger partial charge in [-0.15, -0.1) is 0 Å². The fraction of sp³-hybridized carbons (Fsp3) is 0.565. The van der Waals surface area contributed by atoms with E-state index in [-0.39, 0.29) is 18.7 Å². The smallest absolute Gasteiger partial charge is 0.264 e. The van der Waals surface area contributed by atoms with Gasteiger partial charge in [0.15, 0.2) is 0 Å². The lowest BCUT2D eigenvalue weighted by Gasteiger charge is -2.28. The molecule has 0 aromatic heterocycles. The Kier molecular flexibility index (Phi) is 6.36. The summed E-state index contributed by atoms with van der Waals surface area (Å²) in [5.74, 6) is -1.16. The monoisotopic (exact) mass is 426 g/mol. The SMILES string of the molecule is CN(CCNc1cccc2c1C(=O)N(C1CCC(=O)NC1=O)C2=O)CC1CCCCC1. The number of nitrogens with one attached hydrogen (secondary N) is 2. The number of carbonyl (C=O) groups excluding carboxylic acids is 4. The molecule has 2 fully saturated rings. The predicted molar refractivity (Wildman–Crippen MR) is 116 cm³/mol. The second-order valence-corrected chi connectivity index (χ2v) is 8.87. The highest BCUT2D eigenvalue weighted by Crippen LogP contribution is 2.32. The van der Waals surface area contributed by atoms with Gasteiger partial charge in [-0.1, -0.05) is 25.3 Å². The average molecular weight is 427 g/mol. The van der Waals surface area contributed by atoms with Crippen molar-refractivity contribution in [3.8, 4) is 0 Å². The van der Waals surface area contributed by atoms with Crippen molar-refractivity contribution in [2.75, 3.05) is 32.0 Å². The molecule has 1 unspecified atom stereocenters. The van der Waals surface area contributed by atoms with E-state index in [1.165, 1.54) is 32.1 Å². The summed E-state index contributed by atoms with van der Waals surface area (Å²) >= 11 is 0. The number of likely N-dealkylation sites (N-methyl/N-ethyl adjacent to an activating group) is 1. The molecule has 2 heterocycles. The molecule has 1 saturated carbocycles. The van der Waals surface area contributed by atoms with Gasteiger partial charge >= 0.3 is 0 Å². The van der Waals surface area contributed by atoms with Gasteiger partial charge in [-0.25, -0.2) is 0 Å². The Morgan fingerprint density at radius 2 is 1.84 bits per heavy atom. The molecule has 1 saturated heterocycles. The fourth-order valence-corrected chi connectivity index (χ4v) is 4.95. The van der Waals surface area contributed by atoms with Crippen LogP contribution in [0.2, 0.25) is 0 Å². The van der Waals surface area contributed by atoms with E-state index in [1.807, 2.05) is 0 Å². The Morgan fingerprint density at radius 1 is 1.06 bits per heavy atom. The van der Waals surface area contributed by atoms with Crippen molar-refractivity contribution >= 4 is 29.3 Å². The van der Waals surface area contributed by atoms with Crippen molar-refractivity contribution in [1.29, 1.82) is 0 Å². The normalized spacial score (nSPS) is 22.1. The molecule has 2 aliphatic heterocycles. The Hall–Kier alpha value is -2.74. The van der Waals surface area contributed by atoms with Crippen molar-refractivity contribution in [2.45, 2.75) is 51.0 Å². The Balaban J connectivity index is 1.40. The Morgan fingerprint density at radius 3 is 2.58 bits per heavy atom. The second-order valence-electron chi connectivity index (χ2n) is 8.87. The minimum absolute atomic E-state index is 0.113. The van der Waals surface area contributed by atoms with Gasteiger partial charge < -0.3 is 10.2 Å². The average Bonchev–Trinajstić information content (AvgIpc) is 3.00. The third-order valence-electron chi connectivity index (χ3n) is 6.57. The van der Waals surface area contributed by atoms with Crippen LogP contribution < -0.4 is 10.6 Å². The van der Waals surface area contributed by atoms with E-state index in [0.717, 1.165) is 23.9 Å². The molecule has 2 N–H and O–H groups in total. The molecule has 8 heteroatoms. The first-order chi connectivity index (χ1) is 15.0. The molecule has 31 heavy (non-hydrogen) atoms. The zero-order chi connectivity index (χ0) is 22.0. The topological polar surface area (TPSA) is 98.8 Å². The standard InChI is InChI=1S/C23H30N4O4/c1-26(14-15-6-3-2-4-7-15)13-12-24-17-9-5-8-16-20(17)23(31)27(22(16)30)18-10-11-19(28)25-21(18)29/h5,8-9,15,18,24H,2-4,6-7,10-14H2,1H3,(H,25,28,29). The van der Waals surface area contributed by atoms with E-state index in [4.69, 9.17) is 0 Å². The van der Waals surface area contributed by atoms with Crippen molar-refractivity contribution in [3.63, 3.8) is 0 Å². The minimum Gasteiger partial charge on any atom is -0.383 e. The highest BCUT2D eigenvalue weighted by molar-refractivity contribution is 6.25. The lowest BCUT2D eigenvalue weighted by Crippen LogP contribution is -2.54. The molecule has 4 rings (SSSR count). The van der Waals surface area contributed by atoms with E-state index in [2.05, 4.69) is 22.6 Å². The van der Waals surface area contributed by atoms with Crippen LogP contribution in [-0.2, 0) is 9.59 Å². The number of hydrogen-bond acceptors (Lipinski definition) is 6. The second kappa shape index (κ2) is 9.18. The van der Waals surface area contributed by atoms with Crippen molar-refractivity contribution in [2.24, 2.45) is 5.92 Å². The van der Waals surface area contributed by atoms with Gasteiger partial charge in [-0.2, -0.15) is 0 Å². The minimum atomic E-state index is -0.945. The molecule has 0 radical (unpaired) electrons. The molecule has 4 amide bonds. The van der Waals surface area contributed by atoms with E-state index in [1.54, 1.807) is 18.2 Å². The van der Waals surface area contributed by atoms with E-state index >= 15 is 0 Å². The first-order valence-electron chi connectivity index (χ1n) is 11.2. The molecule has 1 atom stereocenters. The van der Waals surface area contributed by atoms with Crippen LogP contribution in [-0.4, -0.2) is 66.2 Å². The quantitative estimate of drug-likeness (QED) is 0.647. The number of anilines is 1. The van der Waals surface area contributed by atoms with Crippen LogP contribution in [0.1, 0.15) is 65.7 Å². The first-order valence-corrected chi connectivity index (χ1v) is 11.2. The number of benzene rings is 1. The zero-order valence-electron chi connectivity index (χ0n) is 18.0. The zero-order valence-corrected chi connectivity index (χ0v) is 18.0. The van der Waals surface area contributed by atoms with E-state index < -0.39 is 23.8 Å². The first kappa shape index (κ1) is 21.5.